The first-order valence-corrected chi connectivity index (χ1v) is 3.62. The Labute approximate surface area is 78.0 Å². The SMILES string of the molecule is COC(=O)[C@@H]1CC(OC)CN1.Cl. The van der Waals surface area contributed by atoms with Crippen LogP contribution in [-0.4, -0.2) is 38.9 Å². The van der Waals surface area contributed by atoms with Crippen molar-refractivity contribution >= 4 is 18.4 Å². The molecule has 1 N–H and O–H groups in total. The lowest BCUT2D eigenvalue weighted by molar-refractivity contribution is -0.142. The fourth-order valence-corrected chi connectivity index (χ4v) is 1.20. The van der Waals surface area contributed by atoms with Crippen LogP contribution in [0.5, 0.6) is 0 Å². The first-order chi connectivity index (χ1) is 5.27. The van der Waals surface area contributed by atoms with Gasteiger partial charge in [-0.05, 0) is 0 Å². The second-order valence-electron chi connectivity index (χ2n) is 2.58. The monoisotopic (exact) mass is 195 g/mol. The van der Waals surface area contributed by atoms with E-state index in [1.807, 2.05) is 0 Å². The molecule has 1 saturated heterocycles. The van der Waals surface area contributed by atoms with E-state index in [-0.39, 0.29) is 30.5 Å². The van der Waals surface area contributed by atoms with Gasteiger partial charge in [0.15, 0.2) is 0 Å². The van der Waals surface area contributed by atoms with Crippen molar-refractivity contribution in [1.82, 2.24) is 5.32 Å². The molecule has 5 heteroatoms. The summed E-state index contributed by atoms with van der Waals surface area (Å²) in [6.07, 6.45) is 0.863. The minimum atomic E-state index is -0.204. The molecule has 4 nitrogen and oxygen atoms in total. The lowest BCUT2D eigenvalue weighted by Crippen LogP contribution is -2.31. The van der Waals surface area contributed by atoms with Crippen molar-refractivity contribution in [3.8, 4) is 0 Å². The van der Waals surface area contributed by atoms with Gasteiger partial charge in [-0.1, -0.05) is 0 Å². The highest BCUT2D eigenvalue weighted by molar-refractivity contribution is 5.85. The Morgan fingerprint density at radius 3 is 2.58 bits per heavy atom. The molecule has 0 radical (unpaired) electrons. The first kappa shape index (κ1) is 11.7. The number of hydrogen-bond donors (Lipinski definition) is 1. The molecule has 0 spiro atoms. The zero-order valence-corrected chi connectivity index (χ0v) is 8.02. The normalized spacial score (nSPS) is 27.8. The highest BCUT2D eigenvalue weighted by Gasteiger charge is 2.29. The summed E-state index contributed by atoms with van der Waals surface area (Å²) >= 11 is 0. The zero-order chi connectivity index (χ0) is 8.27. The second kappa shape index (κ2) is 5.35. The highest BCUT2D eigenvalue weighted by atomic mass is 35.5. The molecule has 0 aliphatic carbocycles. The lowest BCUT2D eigenvalue weighted by atomic mass is 10.2. The number of nitrogens with one attached hydrogen (secondary N) is 1. The van der Waals surface area contributed by atoms with Gasteiger partial charge < -0.3 is 14.8 Å². The summed E-state index contributed by atoms with van der Waals surface area (Å²) in [6.45, 7) is 0.732. The first-order valence-electron chi connectivity index (χ1n) is 3.62. The number of carbonyl (C=O) groups excluding carboxylic acids is 1. The average Bonchev–Trinajstić information content (AvgIpc) is 2.50. The number of hydrogen-bond acceptors (Lipinski definition) is 4. The molecule has 0 amide bonds. The summed E-state index contributed by atoms with van der Waals surface area (Å²) in [5.41, 5.74) is 0. The molecule has 0 aromatic rings. The van der Waals surface area contributed by atoms with Gasteiger partial charge >= 0.3 is 5.97 Å². The van der Waals surface area contributed by atoms with Crippen LogP contribution in [0, 0.1) is 0 Å². The fraction of sp³-hybridized carbons (Fsp3) is 0.857. The number of esters is 1. The maximum absolute atomic E-state index is 10.9. The number of ether oxygens (including phenoxy) is 2. The van der Waals surface area contributed by atoms with Crippen molar-refractivity contribution in [3.05, 3.63) is 0 Å². The van der Waals surface area contributed by atoms with E-state index < -0.39 is 0 Å². The molecule has 12 heavy (non-hydrogen) atoms. The molecule has 0 aromatic heterocycles. The minimum absolute atomic E-state index is 0. The molecule has 1 fully saturated rings. The molecule has 0 aromatic carbocycles. The minimum Gasteiger partial charge on any atom is -0.468 e. The summed E-state index contributed by atoms with van der Waals surface area (Å²) in [5, 5.41) is 3.01. The van der Waals surface area contributed by atoms with E-state index in [1.54, 1.807) is 7.11 Å². The van der Waals surface area contributed by atoms with Crippen LogP contribution in [0.4, 0.5) is 0 Å². The van der Waals surface area contributed by atoms with Crippen molar-refractivity contribution in [2.24, 2.45) is 0 Å². The Bertz CT molecular complexity index is 154. The predicted octanol–water partition coefficient (Wildman–Crippen LogP) is -0.0419. The van der Waals surface area contributed by atoms with Gasteiger partial charge in [0.05, 0.1) is 13.2 Å². The number of methoxy groups -OCH3 is 2. The van der Waals surface area contributed by atoms with Crippen molar-refractivity contribution < 1.29 is 14.3 Å². The third-order valence-corrected chi connectivity index (χ3v) is 1.91. The van der Waals surface area contributed by atoms with Gasteiger partial charge in [0.25, 0.3) is 0 Å². The second-order valence-corrected chi connectivity index (χ2v) is 2.58. The van der Waals surface area contributed by atoms with Gasteiger partial charge in [0, 0.05) is 20.1 Å². The molecule has 0 saturated carbocycles. The van der Waals surface area contributed by atoms with Crippen molar-refractivity contribution in [2.75, 3.05) is 20.8 Å². The van der Waals surface area contributed by atoms with Crippen LogP contribution in [0.15, 0.2) is 0 Å². The van der Waals surface area contributed by atoms with Crippen molar-refractivity contribution in [2.45, 2.75) is 18.6 Å². The zero-order valence-electron chi connectivity index (χ0n) is 7.20. The Kier molecular flexibility index (Phi) is 5.20. The largest absolute Gasteiger partial charge is 0.468 e. The average molecular weight is 196 g/mol. The van der Waals surface area contributed by atoms with Gasteiger partial charge in [-0.15, -0.1) is 12.4 Å². The van der Waals surface area contributed by atoms with E-state index in [9.17, 15) is 4.79 Å². The van der Waals surface area contributed by atoms with Crippen LogP contribution in [-0.2, 0) is 14.3 Å². The molecule has 1 heterocycles. The van der Waals surface area contributed by atoms with Crippen molar-refractivity contribution in [1.29, 1.82) is 0 Å². The van der Waals surface area contributed by atoms with Gasteiger partial charge in [-0.3, -0.25) is 4.79 Å². The number of halogens is 1. The molecule has 1 aliphatic heterocycles. The standard InChI is InChI=1S/C7H13NO3.ClH/c1-10-5-3-6(8-4-5)7(9)11-2;/h5-6,8H,3-4H2,1-2H3;1H/t5?,6-;/m0./s1. The molecule has 1 aliphatic rings. The van der Waals surface area contributed by atoms with Gasteiger partial charge in [0.2, 0.25) is 0 Å². The molecular weight excluding hydrogens is 182 g/mol. The summed E-state index contributed by atoms with van der Waals surface area (Å²) in [7, 11) is 3.04. The Balaban J connectivity index is 0.00000121. The van der Waals surface area contributed by atoms with Crippen LogP contribution in [0.3, 0.4) is 0 Å². The lowest BCUT2D eigenvalue weighted by Gasteiger charge is -2.06. The van der Waals surface area contributed by atoms with Crippen LogP contribution in [0.25, 0.3) is 0 Å². The van der Waals surface area contributed by atoms with E-state index in [0.29, 0.717) is 6.42 Å². The molecule has 1 unspecified atom stereocenters. The van der Waals surface area contributed by atoms with Crippen LogP contribution < -0.4 is 5.32 Å². The molecule has 1 rings (SSSR count). The maximum atomic E-state index is 10.9. The van der Waals surface area contributed by atoms with E-state index in [1.165, 1.54) is 7.11 Å². The van der Waals surface area contributed by atoms with Crippen LogP contribution >= 0.6 is 12.4 Å². The number of rotatable bonds is 2. The Hall–Kier alpha value is -0.320. The van der Waals surface area contributed by atoms with Crippen LogP contribution in [0.2, 0.25) is 0 Å². The smallest absolute Gasteiger partial charge is 0.322 e. The highest BCUT2D eigenvalue weighted by Crippen LogP contribution is 2.09. The number of carbonyl (C=O) groups is 1. The molecule has 0 bridgehead atoms. The van der Waals surface area contributed by atoms with E-state index in [2.05, 4.69) is 10.1 Å². The molecule has 2 atom stereocenters. The van der Waals surface area contributed by atoms with E-state index in [0.717, 1.165) is 6.54 Å². The Morgan fingerprint density at radius 1 is 1.50 bits per heavy atom. The van der Waals surface area contributed by atoms with Crippen LogP contribution in [0.1, 0.15) is 6.42 Å². The third kappa shape index (κ3) is 2.62. The quantitative estimate of drug-likeness (QED) is 0.629. The van der Waals surface area contributed by atoms with Crippen molar-refractivity contribution in [3.63, 3.8) is 0 Å². The predicted molar refractivity (Wildman–Crippen MR) is 46.5 cm³/mol. The Morgan fingerprint density at radius 2 is 2.17 bits per heavy atom. The van der Waals surface area contributed by atoms with E-state index in [4.69, 9.17) is 4.74 Å². The van der Waals surface area contributed by atoms with Gasteiger partial charge in [-0.2, -0.15) is 0 Å². The summed E-state index contributed by atoms with van der Waals surface area (Å²) in [6, 6.07) is -0.176. The summed E-state index contributed by atoms with van der Waals surface area (Å²) in [5.74, 6) is -0.204. The topological polar surface area (TPSA) is 47.6 Å². The molecular formula is C7H14ClNO3. The van der Waals surface area contributed by atoms with Gasteiger partial charge in [0.1, 0.15) is 6.04 Å². The summed E-state index contributed by atoms with van der Waals surface area (Å²) < 4.78 is 9.64. The fourth-order valence-electron chi connectivity index (χ4n) is 1.20. The molecule has 72 valence electrons. The summed E-state index contributed by atoms with van der Waals surface area (Å²) in [4.78, 5) is 10.9. The van der Waals surface area contributed by atoms with Gasteiger partial charge in [-0.25, -0.2) is 0 Å². The maximum Gasteiger partial charge on any atom is 0.322 e. The third-order valence-electron chi connectivity index (χ3n) is 1.91. The van der Waals surface area contributed by atoms with E-state index >= 15 is 0 Å².